The summed E-state index contributed by atoms with van der Waals surface area (Å²) in [5.74, 6) is 1.87. The van der Waals surface area contributed by atoms with Gasteiger partial charge in [0.15, 0.2) is 0 Å². The highest BCUT2D eigenvalue weighted by Crippen LogP contribution is 2.56. The lowest BCUT2D eigenvalue weighted by Crippen LogP contribution is -1.99. The summed E-state index contributed by atoms with van der Waals surface area (Å²) in [5, 5.41) is 15.3. The van der Waals surface area contributed by atoms with Gasteiger partial charge in [-0.2, -0.15) is 0 Å². The highest BCUT2D eigenvalue weighted by atomic mass is 16.3. The molecule has 3 aromatic rings. The molecule has 5 rings (SSSR count). The first-order valence-electron chi connectivity index (χ1n) is 10.5. The molecule has 1 heteroatoms. The second-order valence-electron chi connectivity index (χ2n) is 6.31. The van der Waals surface area contributed by atoms with Gasteiger partial charge in [-0.1, -0.05) is 77.9 Å². The van der Waals surface area contributed by atoms with Crippen LogP contribution in [0.4, 0.5) is 0 Å². The molecule has 26 heavy (non-hydrogen) atoms. The van der Waals surface area contributed by atoms with Gasteiger partial charge in [0.2, 0.25) is 0 Å². The zero-order chi connectivity index (χ0) is 19.3. The molecule has 0 saturated heterocycles. The van der Waals surface area contributed by atoms with Gasteiger partial charge in [-0.15, -0.1) is 0 Å². The minimum Gasteiger partial charge on any atom is -0.507 e. The average Bonchev–Trinajstić information content (AvgIpc) is 3.34. The third-order valence-corrected chi connectivity index (χ3v) is 5.36. The lowest BCUT2D eigenvalue weighted by atomic mass is 9.86. The Labute approximate surface area is 159 Å². The third-order valence-electron chi connectivity index (χ3n) is 5.36. The number of hydrogen-bond donors (Lipinski definition) is 1. The minimum atomic E-state index is 0.461. The molecule has 3 aromatic carbocycles. The zero-order valence-electron chi connectivity index (χ0n) is 17.3. The molecule has 0 amide bonds. The molecule has 2 atom stereocenters. The molecule has 0 radical (unpaired) electrons. The SMILES string of the molecule is CC.CC.CC.Oc1cc2c(c3ccc4ccccc4c13)C1CCC2C1. The molecular formula is C25H34O. The highest BCUT2D eigenvalue weighted by Gasteiger charge is 2.38. The van der Waals surface area contributed by atoms with E-state index in [9.17, 15) is 5.11 Å². The Hall–Kier alpha value is -2.02. The van der Waals surface area contributed by atoms with Gasteiger partial charge in [-0.3, -0.25) is 0 Å². The van der Waals surface area contributed by atoms with Crippen molar-refractivity contribution in [3.05, 3.63) is 53.6 Å². The zero-order valence-corrected chi connectivity index (χ0v) is 17.3. The van der Waals surface area contributed by atoms with E-state index >= 15 is 0 Å². The molecule has 2 unspecified atom stereocenters. The Balaban J connectivity index is 0.000000371. The number of phenolic OH excluding ortho intramolecular Hbond substituents is 1. The van der Waals surface area contributed by atoms with Crippen LogP contribution in [0.15, 0.2) is 42.5 Å². The molecule has 1 saturated carbocycles. The highest BCUT2D eigenvalue weighted by molar-refractivity contribution is 6.12. The number of aromatic hydroxyl groups is 1. The summed E-state index contributed by atoms with van der Waals surface area (Å²) in [5.41, 5.74) is 2.95. The van der Waals surface area contributed by atoms with Crippen LogP contribution in [0.3, 0.4) is 0 Å². The van der Waals surface area contributed by atoms with Gasteiger partial charge in [0.25, 0.3) is 0 Å². The van der Waals surface area contributed by atoms with Crippen LogP contribution < -0.4 is 0 Å². The Morgan fingerprint density at radius 3 is 2.15 bits per heavy atom. The lowest BCUT2D eigenvalue weighted by molar-refractivity contribution is 0.480. The quantitative estimate of drug-likeness (QED) is 0.406. The van der Waals surface area contributed by atoms with Crippen molar-refractivity contribution in [2.45, 2.75) is 72.6 Å². The number of fused-ring (bicyclic) bond motifs is 9. The molecule has 1 nitrogen and oxygen atoms in total. The van der Waals surface area contributed by atoms with Crippen LogP contribution in [0, 0.1) is 0 Å². The maximum atomic E-state index is 10.6. The van der Waals surface area contributed by atoms with Crippen molar-refractivity contribution < 1.29 is 5.11 Å². The standard InChI is InChI=1S/C19H16O.3C2H6/c20-17-10-16-12-5-6-13(9-12)18(16)15-8-7-11-3-1-2-4-14(11)19(15)17;3*1-2/h1-4,7-8,10,12-13,20H,5-6,9H2;3*1-2H3. The molecule has 140 valence electrons. The average molecular weight is 351 g/mol. The Kier molecular flexibility index (Phi) is 7.08. The summed E-state index contributed by atoms with van der Waals surface area (Å²) >= 11 is 0. The molecule has 0 aromatic heterocycles. The van der Waals surface area contributed by atoms with E-state index in [4.69, 9.17) is 0 Å². The largest absolute Gasteiger partial charge is 0.507 e. The van der Waals surface area contributed by atoms with Crippen LogP contribution in [0.2, 0.25) is 0 Å². The van der Waals surface area contributed by atoms with Crippen molar-refractivity contribution in [2.24, 2.45) is 0 Å². The monoisotopic (exact) mass is 350 g/mol. The predicted molar refractivity (Wildman–Crippen MR) is 116 cm³/mol. The van der Waals surface area contributed by atoms with Crippen LogP contribution in [0.5, 0.6) is 5.75 Å². The Morgan fingerprint density at radius 2 is 1.42 bits per heavy atom. The summed E-state index contributed by atoms with van der Waals surface area (Å²) < 4.78 is 0. The van der Waals surface area contributed by atoms with Gasteiger partial charge in [-0.25, -0.2) is 0 Å². The summed E-state index contributed by atoms with van der Waals surface area (Å²) in [6.07, 6.45) is 3.92. The van der Waals surface area contributed by atoms with E-state index in [1.54, 1.807) is 0 Å². The van der Waals surface area contributed by atoms with E-state index in [1.165, 1.54) is 46.5 Å². The van der Waals surface area contributed by atoms with E-state index in [-0.39, 0.29) is 0 Å². The van der Waals surface area contributed by atoms with Crippen molar-refractivity contribution in [1.29, 1.82) is 0 Å². The van der Waals surface area contributed by atoms with Crippen molar-refractivity contribution in [3.63, 3.8) is 0 Å². The van der Waals surface area contributed by atoms with E-state index in [0.29, 0.717) is 11.7 Å². The van der Waals surface area contributed by atoms with Crippen molar-refractivity contribution in [2.75, 3.05) is 0 Å². The molecule has 2 aliphatic carbocycles. The first-order chi connectivity index (χ1) is 12.8. The maximum absolute atomic E-state index is 10.6. The molecule has 1 fully saturated rings. The molecular weight excluding hydrogens is 316 g/mol. The van der Waals surface area contributed by atoms with Crippen LogP contribution in [-0.4, -0.2) is 5.11 Å². The van der Waals surface area contributed by atoms with Crippen molar-refractivity contribution in [3.8, 4) is 5.75 Å². The third kappa shape index (κ3) is 3.20. The Bertz CT molecular complexity index is 863. The van der Waals surface area contributed by atoms with Gasteiger partial charge in [-0.05, 0) is 64.5 Å². The summed E-state index contributed by atoms with van der Waals surface area (Å²) in [7, 11) is 0. The van der Waals surface area contributed by atoms with Crippen LogP contribution in [-0.2, 0) is 0 Å². The normalized spacial score (nSPS) is 18.8. The lowest BCUT2D eigenvalue weighted by Gasteiger charge is -2.19. The fraction of sp³-hybridized carbons (Fsp3) is 0.440. The molecule has 1 N–H and O–H groups in total. The first-order valence-corrected chi connectivity index (χ1v) is 10.5. The van der Waals surface area contributed by atoms with Gasteiger partial charge in [0.1, 0.15) is 5.75 Å². The number of hydrogen-bond acceptors (Lipinski definition) is 1. The van der Waals surface area contributed by atoms with Gasteiger partial charge in [0.05, 0.1) is 0 Å². The number of benzene rings is 3. The second kappa shape index (κ2) is 9.07. The van der Waals surface area contributed by atoms with Crippen LogP contribution in [0.1, 0.15) is 83.8 Å². The predicted octanol–water partition coefficient (Wildman–Crippen LogP) is 8.14. The number of rotatable bonds is 0. The van der Waals surface area contributed by atoms with E-state index in [1.807, 2.05) is 47.6 Å². The Morgan fingerprint density at radius 1 is 0.769 bits per heavy atom. The molecule has 2 aliphatic rings. The second-order valence-corrected chi connectivity index (χ2v) is 6.31. The van der Waals surface area contributed by atoms with E-state index < -0.39 is 0 Å². The fourth-order valence-electron chi connectivity index (χ4n) is 4.54. The van der Waals surface area contributed by atoms with Crippen molar-refractivity contribution in [1.82, 2.24) is 0 Å². The molecule has 0 heterocycles. The summed E-state index contributed by atoms with van der Waals surface area (Å²) in [6.45, 7) is 12.0. The van der Waals surface area contributed by atoms with Gasteiger partial charge < -0.3 is 5.11 Å². The summed E-state index contributed by atoms with van der Waals surface area (Å²) in [6, 6.07) is 14.8. The van der Waals surface area contributed by atoms with Crippen molar-refractivity contribution >= 4 is 21.5 Å². The van der Waals surface area contributed by atoms with Crippen LogP contribution >= 0.6 is 0 Å². The van der Waals surface area contributed by atoms with Gasteiger partial charge >= 0.3 is 0 Å². The van der Waals surface area contributed by atoms with E-state index in [2.05, 4.69) is 36.4 Å². The fourth-order valence-corrected chi connectivity index (χ4v) is 4.54. The number of phenols is 1. The van der Waals surface area contributed by atoms with Gasteiger partial charge in [0, 0.05) is 5.39 Å². The van der Waals surface area contributed by atoms with E-state index in [0.717, 1.165) is 11.3 Å². The first kappa shape index (κ1) is 20.3. The van der Waals surface area contributed by atoms with Crippen LogP contribution in [0.25, 0.3) is 21.5 Å². The smallest absolute Gasteiger partial charge is 0.124 e. The topological polar surface area (TPSA) is 20.2 Å². The maximum Gasteiger partial charge on any atom is 0.124 e. The minimum absolute atomic E-state index is 0.461. The molecule has 2 bridgehead atoms. The summed E-state index contributed by atoms with van der Waals surface area (Å²) in [4.78, 5) is 0. The molecule has 0 aliphatic heterocycles. The molecule has 0 spiro atoms.